The van der Waals surface area contributed by atoms with Gasteiger partial charge >= 0.3 is 5.97 Å². The van der Waals surface area contributed by atoms with Crippen LogP contribution in [0.2, 0.25) is 0 Å². The second-order valence-corrected chi connectivity index (χ2v) is 5.76. The number of nitrogens with zero attached hydrogens (tertiary/aromatic N) is 2. The number of hydrogen-bond donors (Lipinski definition) is 3. The molecular formula is C17H18N4O4. The lowest BCUT2D eigenvalue weighted by atomic mass is 10.0. The first kappa shape index (κ1) is 16.7. The molecule has 25 heavy (non-hydrogen) atoms. The third-order valence-corrected chi connectivity index (χ3v) is 3.87. The molecule has 1 aromatic carbocycles. The van der Waals surface area contributed by atoms with E-state index >= 15 is 0 Å². The highest BCUT2D eigenvalue weighted by molar-refractivity contribution is 5.86. The lowest BCUT2D eigenvalue weighted by Crippen LogP contribution is -2.42. The highest BCUT2D eigenvalue weighted by Gasteiger charge is 2.22. The molecule has 2 aromatic heterocycles. The predicted octanol–water partition coefficient (Wildman–Crippen LogP) is 1.60. The van der Waals surface area contributed by atoms with Gasteiger partial charge in [0.2, 0.25) is 11.8 Å². The number of aliphatic carboxylic acids is 1. The number of carboxylic acids is 1. The fourth-order valence-corrected chi connectivity index (χ4v) is 2.65. The molecule has 1 atom stereocenters. The van der Waals surface area contributed by atoms with E-state index in [0.29, 0.717) is 11.7 Å². The highest BCUT2D eigenvalue weighted by Crippen LogP contribution is 2.19. The molecule has 3 N–H and O–H groups in total. The van der Waals surface area contributed by atoms with Gasteiger partial charge in [0.25, 0.3) is 0 Å². The average molecular weight is 342 g/mol. The Morgan fingerprint density at radius 3 is 2.88 bits per heavy atom. The van der Waals surface area contributed by atoms with Crippen LogP contribution in [0.1, 0.15) is 23.7 Å². The van der Waals surface area contributed by atoms with Crippen LogP contribution in [0, 0.1) is 6.92 Å². The monoisotopic (exact) mass is 342 g/mol. The Morgan fingerprint density at radius 1 is 1.36 bits per heavy atom. The number of carbonyl (C=O) groups is 2. The van der Waals surface area contributed by atoms with Crippen LogP contribution in [-0.2, 0) is 22.4 Å². The molecule has 0 aliphatic heterocycles. The average Bonchev–Trinajstić information content (AvgIpc) is 3.19. The van der Waals surface area contributed by atoms with E-state index in [1.165, 1.54) is 0 Å². The first-order valence-corrected chi connectivity index (χ1v) is 7.89. The van der Waals surface area contributed by atoms with Crippen LogP contribution in [-0.4, -0.2) is 38.1 Å². The maximum atomic E-state index is 12.1. The number of carbonyl (C=O) groups excluding carboxylic acids is 1. The fourth-order valence-electron chi connectivity index (χ4n) is 2.65. The number of amides is 1. The second-order valence-electron chi connectivity index (χ2n) is 5.76. The van der Waals surface area contributed by atoms with Gasteiger partial charge in [-0.15, -0.1) is 0 Å². The number of aromatic amines is 1. The quantitative estimate of drug-likeness (QED) is 0.600. The lowest BCUT2D eigenvalue weighted by molar-refractivity contribution is -0.141. The van der Waals surface area contributed by atoms with E-state index in [0.717, 1.165) is 16.5 Å². The van der Waals surface area contributed by atoms with Crippen LogP contribution >= 0.6 is 0 Å². The van der Waals surface area contributed by atoms with Crippen LogP contribution in [0.15, 0.2) is 35.0 Å². The fraction of sp³-hybridized carbons (Fsp3) is 0.294. The number of aromatic nitrogens is 3. The van der Waals surface area contributed by atoms with E-state index in [9.17, 15) is 14.7 Å². The van der Waals surface area contributed by atoms with Gasteiger partial charge < -0.3 is 19.9 Å². The van der Waals surface area contributed by atoms with Crippen LogP contribution in [0.4, 0.5) is 0 Å². The summed E-state index contributed by atoms with van der Waals surface area (Å²) in [6.45, 7) is 1.69. The Balaban J connectivity index is 1.63. The second kappa shape index (κ2) is 7.16. The normalized spacial score (nSPS) is 12.2. The number of carboxylic acid groups (broad SMARTS) is 1. The van der Waals surface area contributed by atoms with Crippen molar-refractivity contribution in [2.45, 2.75) is 32.2 Å². The minimum Gasteiger partial charge on any atom is -0.480 e. The molecular weight excluding hydrogens is 324 g/mol. The van der Waals surface area contributed by atoms with Crippen LogP contribution < -0.4 is 5.32 Å². The third-order valence-electron chi connectivity index (χ3n) is 3.87. The number of para-hydroxylation sites is 1. The number of hydrogen-bond acceptors (Lipinski definition) is 5. The summed E-state index contributed by atoms with van der Waals surface area (Å²) in [6, 6.07) is 6.62. The van der Waals surface area contributed by atoms with Crippen molar-refractivity contribution in [2.24, 2.45) is 0 Å². The summed E-state index contributed by atoms with van der Waals surface area (Å²) in [5.41, 5.74) is 1.77. The van der Waals surface area contributed by atoms with Crippen molar-refractivity contribution in [3.05, 3.63) is 47.7 Å². The van der Waals surface area contributed by atoms with Crippen LogP contribution in [0.3, 0.4) is 0 Å². The standard InChI is InChI=1S/C17H18N4O4/c1-10-19-16(25-21-10)7-6-15(22)20-14(17(23)24)8-11-9-18-13-5-3-2-4-12(11)13/h2-5,9,14,18H,6-8H2,1H3,(H,20,22)(H,23,24). The van der Waals surface area contributed by atoms with Gasteiger partial charge in [-0.05, 0) is 18.6 Å². The first-order chi connectivity index (χ1) is 12.0. The number of rotatable bonds is 7. The molecule has 0 bridgehead atoms. The van der Waals surface area contributed by atoms with Gasteiger partial charge in [-0.25, -0.2) is 4.79 Å². The molecule has 0 radical (unpaired) electrons. The number of fused-ring (bicyclic) bond motifs is 1. The molecule has 8 nitrogen and oxygen atoms in total. The van der Waals surface area contributed by atoms with Crippen LogP contribution in [0.5, 0.6) is 0 Å². The summed E-state index contributed by atoms with van der Waals surface area (Å²) in [6.07, 6.45) is 2.32. The maximum absolute atomic E-state index is 12.1. The van der Waals surface area contributed by atoms with Crippen molar-refractivity contribution in [1.82, 2.24) is 20.4 Å². The number of benzene rings is 1. The van der Waals surface area contributed by atoms with E-state index in [-0.39, 0.29) is 25.2 Å². The Morgan fingerprint density at radius 2 is 2.16 bits per heavy atom. The summed E-state index contributed by atoms with van der Waals surface area (Å²) in [5, 5.41) is 16.6. The van der Waals surface area contributed by atoms with Crippen molar-refractivity contribution in [2.75, 3.05) is 0 Å². The van der Waals surface area contributed by atoms with Crippen molar-refractivity contribution in [1.29, 1.82) is 0 Å². The Kier molecular flexibility index (Phi) is 4.78. The van der Waals surface area contributed by atoms with E-state index < -0.39 is 12.0 Å². The zero-order chi connectivity index (χ0) is 17.8. The molecule has 1 amide bonds. The third kappa shape index (κ3) is 4.03. The van der Waals surface area contributed by atoms with Crippen molar-refractivity contribution >= 4 is 22.8 Å². The van der Waals surface area contributed by atoms with E-state index in [1.54, 1.807) is 13.1 Å². The Hall–Kier alpha value is -3.16. The van der Waals surface area contributed by atoms with Crippen molar-refractivity contribution in [3.8, 4) is 0 Å². The Bertz CT molecular complexity index is 899. The molecule has 0 spiro atoms. The van der Waals surface area contributed by atoms with Gasteiger partial charge in [-0.3, -0.25) is 4.79 Å². The van der Waals surface area contributed by atoms with Crippen LogP contribution in [0.25, 0.3) is 10.9 Å². The smallest absolute Gasteiger partial charge is 0.326 e. The summed E-state index contributed by atoms with van der Waals surface area (Å²) in [4.78, 5) is 30.7. The van der Waals surface area contributed by atoms with Gasteiger partial charge in [0.05, 0.1) is 0 Å². The molecule has 0 aliphatic rings. The molecule has 1 unspecified atom stereocenters. The maximum Gasteiger partial charge on any atom is 0.326 e. The molecule has 0 saturated carbocycles. The van der Waals surface area contributed by atoms with Gasteiger partial charge in [-0.1, -0.05) is 23.4 Å². The molecule has 0 fully saturated rings. The summed E-state index contributed by atoms with van der Waals surface area (Å²) < 4.78 is 4.94. The zero-order valence-corrected chi connectivity index (χ0v) is 13.7. The number of H-pyrrole nitrogens is 1. The highest BCUT2D eigenvalue weighted by atomic mass is 16.5. The van der Waals surface area contributed by atoms with Gasteiger partial charge in [-0.2, -0.15) is 4.98 Å². The Labute approximate surface area is 143 Å². The largest absolute Gasteiger partial charge is 0.480 e. The van der Waals surface area contributed by atoms with Crippen molar-refractivity contribution < 1.29 is 19.2 Å². The van der Waals surface area contributed by atoms with Gasteiger partial charge in [0, 0.05) is 36.4 Å². The molecule has 2 heterocycles. The number of nitrogens with one attached hydrogen (secondary N) is 2. The van der Waals surface area contributed by atoms with E-state index in [1.807, 2.05) is 24.3 Å². The van der Waals surface area contributed by atoms with Crippen molar-refractivity contribution in [3.63, 3.8) is 0 Å². The topological polar surface area (TPSA) is 121 Å². The molecule has 3 rings (SSSR count). The summed E-state index contributed by atoms with van der Waals surface area (Å²) in [7, 11) is 0. The summed E-state index contributed by atoms with van der Waals surface area (Å²) >= 11 is 0. The van der Waals surface area contributed by atoms with E-state index in [2.05, 4.69) is 20.4 Å². The molecule has 130 valence electrons. The van der Waals surface area contributed by atoms with E-state index in [4.69, 9.17) is 4.52 Å². The molecule has 0 aliphatic carbocycles. The van der Waals surface area contributed by atoms with Gasteiger partial charge in [0.1, 0.15) is 6.04 Å². The molecule has 8 heteroatoms. The zero-order valence-electron chi connectivity index (χ0n) is 13.7. The lowest BCUT2D eigenvalue weighted by Gasteiger charge is -2.14. The predicted molar refractivity (Wildman–Crippen MR) is 88.9 cm³/mol. The first-order valence-electron chi connectivity index (χ1n) is 7.89. The van der Waals surface area contributed by atoms with Gasteiger partial charge in [0.15, 0.2) is 5.82 Å². The molecule has 0 saturated heterocycles. The summed E-state index contributed by atoms with van der Waals surface area (Å²) in [5.74, 6) is -0.593. The molecule has 3 aromatic rings. The SMILES string of the molecule is Cc1noc(CCC(=O)NC(Cc2c[nH]c3ccccc23)C(=O)O)n1. The number of aryl methyl sites for hydroxylation is 2. The minimum absolute atomic E-state index is 0.0826. The minimum atomic E-state index is -1.08.